The number of rotatable bonds is 11. The Bertz CT molecular complexity index is 705. The van der Waals surface area contributed by atoms with E-state index in [9.17, 15) is 24.3 Å². The normalized spacial score (nSPS) is 15.1. The van der Waals surface area contributed by atoms with E-state index in [-0.39, 0.29) is 12.3 Å². The number of carboxylic acid groups (broad SMARTS) is 1. The lowest BCUT2D eigenvalue weighted by Crippen LogP contribution is -2.59. The second kappa shape index (κ2) is 11.1. The van der Waals surface area contributed by atoms with E-state index in [1.807, 2.05) is 0 Å². The van der Waals surface area contributed by atoms with Gasteiger partial charge in [-0.3, -0.25) is 19.2 Å². The summed E-state index contributed by atoms with van der Waals surface area (Å²) in [5.74, 6) is -3.65. The lowest BCUT2D eigenvalue weighted by molar-refractivity contribution is -0.138. The lowest BCUT2D eigenvalue weighted by atomic mass is 10.0. The van der Waals surface area contributed by atoms with Gasteiger partial charge in [0, 0.05) is 18.3 Å². The van der Waals surface area contributed by atoms with Crippen LogP contribution >= 0.6 is 0 Å². The van der Waals surface area contributed by atoms with Crippen LogP contribution in [0.3, 0.4) is 0 Å². The number of carboxylic acids is 1. The van der Waals surface area contributed by atoms with Crippen LogP contribution in [0.4, 0.5) is 0 Å². The number of aromatic nitrogens is 2. The number of amides is 3. The Balaban J connectivity index is 2.91. The Hall–Kier alpha value is -2.99. The highest BCUT2D eigenvalue weighted by Gasteiger charge is 2.31. The van der Waals surface area contributed by atoms with Crippen molar-refractivity contribution in [2.45, 2.75) is 51.4 Å². The molecule has 0 bridgehead atoms. The highest BCUT2D eigenvalue weighted by atomic mass is 16.4. The molecule has 1 heterocycles. The number of nitrogens with one attached hydrogen (secondary N) is 4. The van der Waals surface area contributed by atoms with Crippen LogP contribution in [0.2, 0.25) is 0 Å². The van der Waals surface area contributed by atoms with Crippen molar-refractivity contribution in [2.75, 3.05) is 6.54 Å². The van der Waals surface area contributed by atoms with Crippen LogP contribution in [0, 0.1) is 5.92 Å². The van der Waals surface area contributed by atoms with Crippen LogP contribution in [-0.2, 0) is 25.6 Å². The molecule has 1 aromatic rings. The van der Waals surface area contributed by atoms with E-state index in [1.165, 1.54) is 19.4 Å². The molecule has 1 aromatic heterocycles. The first-order valence-corrected chi connectivity index (χ1v) is 9.04. The minimum Gasteiger partial charge on any atom is -0.480 e. The topological polar surface area (TPSA) is 200 Å². The summed E-state index contributed by atoms with van der Waals surface area (Å²) in [6.45, 7) is 4.11. The average molecular weight is 412 g/mol. The molecule has 12 heteroatoms. The number of aromatic amines is 1. The van der Waals surface area contributed by atoms with Crippen molar-refractivity contribution in [3.63, 3.8) is 0 Å². The summed E-state index contributed by atoms with van der Waals surface area (Å²) in [7, 11) is 0. The second-order valence-electron chi connectivity index (χ2n) is 6.95. The Kier molecular flexibility index (Phi) is 9.22. The summed E-state index contributed by atoms with van der Waals surface area (Å²) in [6, 6.07) is -3.35. The van der Waals surface area contributed by atoms with Gasteiger partial charge in [0.25, 0.3) is 0 Å². The van der Waals surface area contributed by atoms with E-state index in [2.05, 4.69) is 25.9 Å². The summed E-state index contributed by atoms with van der Waals surface area (Å²) in [4.78, 5) is 54.6. The van der Waals surface area contributed by atoms with Crippen LogP contribution in [0.15, 0.2) is 12.5 Å². The number of H-pyrrole nitrogens is 1. The predicted octanol–water partition coefficient (Wildman–Crippen LogP) is -2.51. The van der Waals surface area contributed by atoms with E-state index in [1.54, 1.807) is 13.8 Å². The summed E-state index contributed by atoms with van der Waals surface area (Å²) >= 11 is 0. The van der Waals surface area contributed by atoms with E-state index >= 15 is 0 Å². The first-order chi connectivity index (χ1) is 13.5. The number of aliphatic carboxylic acids is 1. The van der Waals surface area contributed by atoms with E-state index in [0.717, 1.165) is 0 Å². The van der Waals surface area contributed by atoms with Crippen molar-refractivity contribution >= 4 is 23.7 Å². The third-order valence-corrected chi connectivity index (χ3v) is 4.10. The van der Waals surface area contributed by atoms with Crippen LogP contribution in [0.25, 0.3) is 0 Å². The maximum Gasteiger partial charge on any atom is 0.322 e. The molecule has 0 saturated carbocycles. The average Bonchev–Trinajstić information content (AvgIpc) is 3.15. The van der Waals surface area contributed by atoms with Gasteiger partial charge >= 0.3 is 5.97 Å². The van der Waals surface area contributed by atoms with E-state index in [0.29, 0.717) is 5.69 Å². The molecule has 3 amide bonds. The maximum atomic E-state index is 12.7. The molecule has 0 aliphatic rings. The molecule has 0 aromatic carbocycles. The standard InChI is InChI=1S/C17H28N6O6/c1-8(2)14(23-16(28)13(18)9(3)24)17(29)22-11(4-10-5-19-7-21-10)15(27)20-6-12(25)26/h5,7-9,11,13-14,24H,4,6,18H2,1-3H3,(H,19,21)(H,20,27)(H,22,29)(H,23,28)(H,25,26). The predicted molar refractivity (Wildman–Crippen MR) is 101 cm³/mol. The molecule has 0 fully saturated rings. The Morgan fingerprint density at radius 2 is 1.79 bits per heavy atom. The van der Waals surface area contributed by atoms with Gasteiger partial charge in [0.1, 0.15) is 24.7 Å². The van der Waals surface area contributed by atoms with Crippen molar-refractivity contribution in [1.29, 1.82) is 0 Å². The van der Waals surface area contributed by atoms with Gasteiger partial charge in [-0.2, -0.15) is 0 Å². The molecule has 12 nitrogen and oxygen atoms in total. The van der Waals surface area contributed by atoms with Crippen LogP contribution in [-0.4, -0.2) is 74.6 Å². The Morgan fingerprint density at radius 3 is 2.28 bits per heavy atom. The van der Waals surface area contributed by atoms with Gasteiger partial charge < -0.3 is 36.9 Å². The minimum absolute atomic E-state index is 0.0309. The number of hydrogen-bond acceptors (Lipinski definition) is 7. The van der Waals surface area contributed by atoms with Gasteiger partial charge in [0.2, 0.25) is 17.7 Å². The number of carbonyl (C=O) groups excluding carboxylic acids is 3. The van der Waals surface area contributed by atoms with Gasteiger partial charge in [0.05, 0.1) is 12.4 Å². The number of imidazole rings is 1. The number of aliphatic hydroxyl groups is 1. The lowest BCUT2D eigenvalue weighted by Gasteiger charge is -2.26. The smallest absolute Gasteiger partial charge is 0.322 e. The quantitative estimate of drug-likeness (QED) is 0.206. The highest BCUT2D eigenvalue weighted by Crippen LogP contribution is 2.06. The summed E-state index contributed by atoms with van der Waals surface area (Å²) in [6.07, 6.45) is 1.79. The number of carbonyl (C=O) groups is 4. The molecule has 4 atom stereocenters. The molecule has 8 N–H and O–H groups in total. The van der Waals surface area contributed by atoms with Gasteiger partial charge in [0.15, 0.2) is 0 Å². The zero-order chi connectivity index (χ0) is 22.1. The fourth-order valence-corrected chi connectivity index (χ4v) is 2.38. The molecule has 0 radical (unpaired) electrons. The van der Waals surface area contributed by atoms with Crippen molar-refractivity contribution in [3.05, 3.63) is 18.2 Å². The molecule has 0 spiro atoms. The highest BCUT2D eigenvalue weighted by molar-refractivity contribution is 5.94. The third kappa shape index (κ3) is 7.87. The van der Waals surface area contributed by atoms with Crippen molar-refractivity contribution < 1.29 is 29.4 Å². The number of nitrogens with two attached hydrogens (primary N) is 1. The second-order valence-corrected chi connectivity index (χ2v) is 6.95. The first-order valence-electron chi connectivity index (χ1n) is 9.04. The monoisotopic (exact) mass is 412 g/mol. The van der Waals surface area contributed by atoms with Gasteiger partial charge in [-0.15, -0.1) is 0 Å². The molecule has 29 heavy (non-hydrogen) atoms. The molecule has 0 saturated heterocycles. The van der Waals surface area contributed by atoms with Crippen LogP contribution in [0.5, 0.6) is 0 Å². The molecular formula is C17H28N6O6. The number of aliphatic hydroxyl groups excluding tert-OH is 1. The largest absolute Gasteiger partial charge is 0.480 e. The zero-order valence-corrected chi connectivity index (χ0v) is 16.5. The number of nitrogens with zero attached hydrogens (tertiary/aromatic N) is 1. The summed E-state index contributed by atoms with van der Waals surface area (Å²) in [5, 5.41) is 25.4. The maximum absolute atomic E-state index is 12.7. The molecule has 0 aliphatic carbocycles. The zero-order valence-electron chi connectivity index (χ0n) is 16.5. The van der Waals surface area contributed by atoms with Crippen LogP contribution < -0.4 is 21.7 Å². The van der Waals surface area contributed by atoms with Gasteiger partial charge in [-0.25, -0.2) is 4.98 Å². The fraction of sp³-hybridized carbons (Fsp3) is 0.588. The van der Waals surface area contributed by atoms with Crippen molar-refractivity contribution in [3.8, 4) is 0 Å². The van der Waals surface area contributed by atoms with Gasteiger partial charge in [-0.05, 0) is 12.8 Å². The van der Waals surface area contributed by atoms with Crippen molar-refractivity contribution in [2.24, 2.45) is 11.7 Å². The van der Waals surface area contributed by atoms with Crippen LogP contribution in [0.1, 0.15) is 26.5 Å². The van der Waals surface area contributed by atoms with Crippen molar-refractivity contribution in [1.82, 2.24) is 25.9 Å². The first kappa shape index (κ1) is 24.0. The molecule has 1 rings (SSSR count). The minimum atomic E-state index is -1.23. The SMILES string of the molecule is CC(C)C(NC(=O)C(N)C(C)O)C(=O)NC(Cc1cnc[nH]1)C(=O)NCC(=O)O. The summed E-state index contributed by atoms with van der Waals surface area (Å²) in [5.41, 5.74) is 6.14. The summed E-state index contributed by atoms with van der Waals surface area (Å²) < 4.78 is 0. The fourth-order valence-electron chi connectivity index (χ4n) is 2.38. The van der Waals surface area contributed by atoms with E-state index < -0.39 is 54.5 Å². The van der Waals surface area contributed by atoms with E-state index in [4.69, 9.17) is 10.8 Å². The Labute approximate surface area is 167 Å². The molecule has 0 aliphatic heterocycles. The molecule has 4 unspecified atom stereocenters. The molecule has 162 valence electrons. The van der Waals surface area contributed by atoms with Gasteiger partial charge in [-0.1, -0.05) is 13.8 Å². The third-order valence-electron chi connectivity index (χ3n) is 4.10. The number of hydrogen-bond donors (Lipinski definition) is 7. The molecular weight excluding hydrogens is 384 g/mol. The Morgan fingerprint density at radius 1 is 1.14 bits per heavy atom.